The van der Waals surface area contributed by atoms with E-state index in [9.17, 15) is 0 Å². The molecule has 0 bridgehead atoms. The topological polar surface area (TPSA) is 0 Å². The van der Waals surface area contributed by atoms with Crippen molar-refractivity contribution in [3.63, 3.8) is 0 Å². The summed E-state index contributed by atoms with van der Waals surface area (Å²) in [6.07, 6.45) is 0. The van der Waals surface area contributed by atoms with E-state index in [4.69, 9.17) is 0 Å². The molecule has 0 spiro atoms. The maximum Gasteiger partial charge on any atom is 0.0529 e. The summed E-state index contributed by atoms with van der Waals surface area (Å²) in [7, 11) is 0. The molecule has 0 radical (unpaired) electrons. The summed E-state index contributed by atoms with van der Waals surface area (Å²) in [5.41, 5.74) is 1.38. The molecule has 0 amide bonds. The van der Waals surface area contributed by atoms with Gasteiger partial charge in [-0.05, 0) is 68.1 Å². The Kier molecular flexibility index (Phi) is 3.91. The summed E-state index contributed by atoms with van der Waals surface area (Å²) < 4.78 is 2.73. The van der Waals surface area contributed by atoms with Crippen molar-refractivity contribution in [2.75, 3.05) is 0 Å². The first kappa shape index (κ1) is 12.6. The summed E-state index contributed by atoms with van der Waals surface area (Å²) >= 11 is 10.3. The van der Waals surface area contributed by atoms with Gasteiger partial charge in [0.2, 0.25) is 0 Å². The number of thiophene rings is 3. The molecule has 0 aliphatic heterocycles. The summed E-state index contributed by atoms with van der Waals surface area (Å²) in [6, 6.07) is 6.56. The van der Waals surface area contributed by atoms with Crippen LogP contribution in [-0.4, -0.2) is 0 Å². The van der Waals surface area contributed by atoms with Crippen LogP contribution in [0.5, 0.6) is 0 Å². The summed E-state index contributed by atoms with van der Waals surface area (Å²) in [5, 5.41) is 6.56. The van der Waals surface area contributed by atoms with Gasteiger partial charge in [0.1, 0.15) is 0 Å². The molecule has 5 heteroatoms. The fraction of sp³-hybridized carbons (Fsp3) is 0. The lowest BCUT2D eigenvalue weighted by Gasteiger charge is -2.00. The van der Waals surface area contributed by atoms with E-state index >= 15 is 0 Å². The van der Waals surface area contributed by atoms with Gasteiger partial charge in [-0.1, -0.05) is 6.07 Å². The zero-order valence-corrected chi connectivity index (χ0v) is 15.2. The van der Waals surface area contributed by atoms with Gasteiger partial charge in [0.05, 0.1) is 9.75 Å². The molecule has 0 aliphatic rings. The van der Waals surface area contributed by atoms with E-state index < -0.39 is 0 Å². The molecule has 0 unspecified atom stereocenters. The Balaban J connectivity index is 2.17. The number of hydrogen-bond acceptors (Lipinski definition) is 3. The van der Waals surface area contributed by atoms with Gasteiger partial charge < -0.3 is 0 Å². The van der Waals surface area contributed by atoms with Crippen LogP contribution in [0.2, 0.25) is 0 Å². The van der Waals surface area contributed by atoms with Crippen LogP contribution >= 0.6 is 79.2 Å². The summed E-state index contributed by atoms with van der Waals surface area (Å²) in [4.78, 5) is 4.17. The van der Waals surface area contributed by atoms with Gasteiger partial charge in [-0.2, -0.15) is 0 Å². The molecule has 0 N–H and O–H groups in total. The molecule has 0 saturated heterocycles. The molecular formula is C12H6I2S3. The fourth-order valence-electron chi connectivity index (χ4n) is 1.59. The molecule has 86 valence electrons. The van der Waals surface area contributed by atoms with E-state index in [0.29, 0.717) is 0 Å². The van der Waals surface area contributed by atoms with Crippen LogP contribution in [0.1, 0.15) is 0 Å². The van der Waals surface area contributed by atoms with Crippen LogP contribution in [-0.2, 0) is 0 Å². The van der Waals surface area contributed by atoms with Crippen molar-refractivity contribution in [2.45, 2.75) is 0 Å². The molecule has 3 aromatic heterocycles. The Morgan fingerprint density at radius 3 is 2.41 bits per heavy atom. The first-order valence-corrected chi connectivity index (χ1v) is 9.61. The highest BCUT2D eigenvalue weighted by molar-refractivity contribution is 14.1. The lowest BCUT2D eigenvalue weighted by Crippen LogP contribution is -1.76. The zero-order chi connectivity index (χ0) is 11.8. The third-order valence-corrected chi connectivity index (χ3v) is 9.11. The second-order valence-electron chi connectivity index (χ2n) is 3.37. The van der Waals surface area contributed by atoms with E-state index in [-0.39, 0.29) is 0 Å². The van der Waals surface area contributed by atoms with Crippen molar-refractivity contribution in [3.8, 4) is 20.2 Å². The number of hydrogen-bond donors (Lipinski definition) is 0. The van der Waals surface area contributed by atoms with E-state index in [1.807, 2.05) is 34.0 Å². The molecule has 0 aromatic carbocycles. The minimum Gasteiger partial charge on any atom is -0.143 e. The fourth-order valence-corrected chi connectivity index (χ4v) is 6.17. The minimum absolute atomic E-state index is 1.35. The predicted molar refractivity (Wildman–Crippen MR) is 96.4 cm³/mol. The molecular weight excluding hydrogens is 494 g/mol. The highest BCUT2D eigenvalue weighted by Gasteiger charge is 2.15. The van der Waals surface area contributed by atoms with Crippen LogP contribution in [0.3, 0.4) is 0 Å². The quantitative estimate of drug-likeness (QED) is 0.357. The Labute approximate surface area is 139 Å². The average Bonchev–Trinajstić information content (AvgIpc) is 3.01. The Hall–Kier alpha value is 0.560. The molecule has 17 heavy (non-hydrogen) atoms. The summed E-state index contributed by atoms with van der Waals surface area (Å²) in [6.45, 7) is 0. The first-order chi connectivity index (χ1) is 8.27. The van der Waals surface area contributed by atoms with Crippen molar-refractivity contribution < 1.29 is 0 Å². The Morgan fingerprint density at radius 1 is 0.882 bits per heavy atom. The molecule has 0 aliphatic carbocycles. The average molecular weight is 500 g/mol. The second kappa shape index (κ2) is 5.28. The minimum atomic E-state index is 1.35. The smallest absolute Gasteiger partial charge is 0.0529 e. The van der Waals surface area contributed by atoms with Gasteiger partial charge in [-0.25, -0.2) is 0 Å². The standard InChI is InChI=1S/C12H6I2S3/c13-8-6-17-12(10(8)14)7-3-5-16-11(7)9-2-1-4-15-9/h1-6H. The zero-order valence-electron chi connectivity index (χ0n) is 8.44. The van der Waals surface area contributed by atoms with E-state index in [1.165, 1.54) is 27.3 Å². The van der Waals surface area contributed by atoms with Crippen molar-refractivity contribution >= 4 is 79.2 Å². The van der Waals surface area contributed by atoms with Crippen LogP contribution in [0.25, 0.3) is 20.2 Å². The van der Waals surface area contributed by atoms with Gasteiger partial charge in [0.15, 0.2) is 0 Å². The number of rotatable bonds is 2. The molecule has 0 nitrogen and oxygen atoms in total. The van der Waals surface area contributed by atoms with Crippen LogP contribution in [0.4, 0.5) is 0 Å². The van der Waals surface area contributed by atoms with Gasteiger partial charge in [-0.3, -0.25) is 0 Å². The molecule has 3 rings (SSSR count). The monoisotopic (exact) mass is 500 g/mol. The Morgan fingerprint density at radius 2 is 1.76 bits per heavy atom. The van der Waals surface area contributed by atoms with Crippen molar-refractivity contribution in [3.05, 3.63) is 41.5 Å². The van der Waals surface area contributed by atoms with Crippen LogP contribution in [0, 0.1) is 7.14 Å². The van der Waals surface area contributed by atoms with Crippen LogP contribution < -0.4 is 0 Å². The molecule has 0 atom stereocenters. The predicted octanol–water partition coefficient (Wildman–Crippen LogP) is 6.41. The Bertz CT molecular complexity index is 635. The third kappa shape index (κ3) is 2.36. The van der Waals surface area contributed by atoms with Crippen LogP contribution in [0.15, 0.2) is 34.3 Å². The van der Waals surface area contributed by atoms with Crippen molar-refractivity contribution in [1.29, 1.82) is 0 Å². The van der Waals surface area contributed by atoms with E-state index in [2.05, 4.69) is 79.5 Å². The van der Waals surface area contributed by atoms with E-state index in [0.717, 1.165) is 0 Å². The first-order valence-electron chi connectivity index (χ1n) is 4.81. The molecule has 3 aromatic rings. The summed E-state index contributed by atoms with van der Waals surface area (Å²) in [5.74, 6) is 0. The maximum absolute atomic E-state index is 2.45. The van der Waals surface area contributed by atoms with Gasteiger partial charge in [0.25, 0.3) is 0 Å². The third-order valence-electron chi connectivity index (χ3n) is 2.34. The van der Waals surface area contributed by atoms with Crippen molar-refractivity contribution in [1.82, 2.24) is 0 Å². The highest BCUT2D eigenvalue weighted by Crippen LogP contribution is 2.43. The molecule has 0 fully saturated rings. The SMILES string of the molecule is Ic1csc(-c2ccsc2-c2cccs2)c1I. The lowest BCUT2D eigenvalue weighted by atomic mass is 10.2. The largest absolute Gasteiger partial charge is 0.143 e. The van der Waals surface area contributed by atoms with Crippen molar-refractivity contribution in [2.24, 2.45) is 0 Å². The highest BCUT2D eigenvalue weighted by atomic mass is 127. The second-order valence-corrected chi connectivity index (χ2v) is 8.35. The van der Waals surface area contributed by atoms with E-state index in [1.54, 1.807) is 0 Å². The van der Waals surface area contributed by atoms with Gasteiger partial charge in [-0.15, -0.1) is 34.0 Å². The number of halogens is 2. The van der Waals surface area contributed by atoms with Gasteiger partial charge in [0, 0.05) is 23.0 Å². The molecule has 0 saturated carbocycles. The lowest BCUT2D eigenvalue weighted by molar-refractivity contribution is 1.74. The molecule has 3 heterocycles. The maximum atomic E-state index is 2.45. The van der Waals surface area contributed by atoms with Gasteiger partial charge >= 0.3 is 0 Å². The normalized spacial score (nSPS) is 10.9.